The Bertz CT molecular complexity index is 744. The first-order chi connectivity index (χ1) is 9.29. The van der Waals surface area contributed by atoms with Gasteiger partial charge in [-0.15, -0.1) is 19.0 Å². The molecular formula is C17H17ClN2. The Morgan fingerprint density at radius 2 is 1.95 bits per heavy atom. The normalized spacial score (nSPS) is 10.2. The number of fused-ring (bicyclic) bond motifs is 1. The molecule has 0 amide bonds. The van der Waals surface area contributed by atoms with Gasteiger partial charge in [-0.25, -0.2) is 4.98 Å². The molecule has 0 aliphatic rings. The summed E-state index contributed by atoms with van der Waals surface area (Å²) in [6, 6.07) is 16.7. The molecule has 3 rings (SSSR count). The van der Waals surface area contributed by atoms with E-state index in [-0.39, 0.29) is 12.4 Å². The van der Waals surface area contributed by atoms with Gasteiger partial charge in [-0.05, 0) is 25.1 Å². The highest BCUT2D eigenvalue weighted by atomic mass is 35.5. The lowest BCUT2D eigenvalue weighted by molar-refractivity contribution is 0.862. The standard InChI is InChI=1S/C17H16N2.ClH/c1-3-11-19-16-10-5-4-9-15(16)18-17(19)14-8-6-7-13(2)12-14;/h3-10,12H,1,11H2,2H3;1H. The second-order valence-corrected chi connectivity index (χ2v) is 4.69. The minimum Gasteiger partial charge on any atom is -0.320 e. The minimum atomic E-state index is 0. The highest BCUT2D eigenvalue weighted by Gasteiger charge is 2.10. The topological polar surface area (TPSA) is 17.8 Å². The highest BCUT2D eigenvalue weighted by Crippen LogP contribution is 2.25. The van der Waals surface area contributed by atoms with Crippen LogP contribution in [0.25, 0.3) is 22.4 Å². The molecule has 0 unspecified atom stereocenters. The van der Waals surface area contributed by atoms with E-state index >= 15 is 0 Å². The van der Waals surface area contributed by atoms with Gasteiger partial charge in [-0.1, -0.05) is 42.0 Å². The lowest BCUT2D eigenvalue weighted by Crippen LogP contribution is -1.98. The van der Waals surface area contributed by atoms with E-state index in [0.717, 1.165) is 29.0 Å². The van der Waals surface area contributed by atoms with E-state index in [2.05, 4.69) is 48.4 Å². The van der Waals surface area contributed by atoms with Crippen molar-refractivity contribution in [3.63, 3.8) is 0 Å². The summed E-state index contributed by atoms with van der Waals surface area (Å²) in [6.07, 6.45) is 1.91. The lowest BCUT2D eigenvalue weighted by Gasteiger charge is -2.07. The number of para-hydroxylation sites is 2. The fraction of sp³-hybridized carbons (Fsp3) is 0.118. The van der Waals surface area contributed by atoms with Crippen molar-refractivity contribution in [3.05, 3.63) is 66.7 Å². The number of halogens is 1. The first kappa shape index (κ1) is 14.4. The number of aryl methyl sites for hydroxylation is 1. The predicted molar refractivity (Wildman–Crippen MR) is 87.4 cm³/mol. The quantitative estimate of drug-likeness (QED) is 0.642. The van der Waals surface area contributed by atoms with Gasteiger partial charge < -0.3 is 4.57 Å². The number of allylic oxidation sites excluding steroid dienone is 1. The number of hydrogen-bond acceptors (Lipinski definition) is 1. The van der Waals surface area contributed by atoms with Crippen molar-refractivity contribution in [1.82, 2.24) is 9.55 Å². The molecule has 2 aromatic carbocycles. The van der Waals surface area contributed by atoms with Crippen molar-refractivity contribution in [3.8, 4) is 11.4 Å². The van der Waals surface area contributed by atoms with E-state index in [1.807, 2.05) is 24.3 Å². The van der Waals surface area contributed by atoms with Crippen LogP contribution in [0.5, 0.6) is 0 Å². The van der Waals surface area contributed by atoms with Gasteiger partial charge in [-0.3, -0.25) is 0 Å². The first-order valence-electron chi connectivity index (χ1n) is 6.43. The molecule has 0 bridgehead atoms. The van der Waals surface area contributed by atoms with E-state index < -0.39 is 0 Å². The fourth-order valence-corrected chi connectivity index (χ4v) is 2.39. The van der Waals surface area contributed by atoms with Gasteiger partial charge in [-0.2, -0.15) is 0 Å². The van der Waals surface area contributed by atoms with Gasteiger partial charge >= 0.3 is 0 Å². The molecule has 3 aromatic rings. The molecule has 20 heavy (non-hydrogen) atoms. The van der Waals surface area contributed by atoms with Crippen LogP contribution in [0.3, 0.4) is 0 Å². The molecule has 0 spiro atoms. The number of hydrogen-bond donors (Lipinski definition) is 0. The van der Waals surface area contributed by atoms with Crippen LogP contribution in [0.4, 0.5) is 0 Å². The van der Waals surface area contributed by atoms with Crippen LogP contribution >= 0.6 is 12.4 Å². The van der Waals surface area contributed by atoms with Crippen LogP contribution in [0, 0.1) is 6.92 Å². The highest BCUT2D eigenvalue weighted by molar-refractivity contribution is 5.85. The Hall–Kier alpha value is -2.06. The molecule has 102 valence electrons. The number of benzene rings is 2. The van der Waals surface area contributed by atoms with Gasteiger partial charge in [0.15, 0.2) is 0 Å². The third kappa shape index (κ3) is 2.47. The number of imidazole rings is 1. The zero-order chi connectivity index (χ0) is 13.2. The van der Waals surface area contributed by atoms with Crippen LogP contribution in [-0.2, 0) is 6.54 Å². The molecule has 0 fully saturated rings. The zero-order valence-corrected chi connectivity index (χ0v) is 12.2. The van der Waals surface area contributed by atoms with E-state index in [1.54, 1.807) is 0 Å². The Balaban J connectivity index is 0.00000147. The number of aromatic nitrogens is 2. The smallest absolute Gasteiger partial charge is 0.141 e. The third-order valence-corrected chi connectivity index (χ3v) is 3.24. The van der Waals surface area contributed by atoms with E-state index in [1.165, 1.54) is 5.56 Å². The van der Waals surface area contributed by atoms with E-state index in [4.69, 9.17) is 4.98 Å². The summed E-state index contributed by atoms with van der Waals surface area (Å²) in [6.45, 7) is 6.71. The second-order valence-electron chi connectivity index (χ2n) is 4.69. The SMILES string of the molecule is C=CCn1c(-c2cccc(C)c2)nc2ccccc21.Cl. The molecule has 0 N–H and O–H groups in total. The minimum absolute atomic E-state index is 0. The maximum Gasteiger partial charge on any atom is 0.141 e. The van der Waals surface area contributed by atoms with Crippen LogP contribution in [0.15, 0.2) is 61.2 Å². The summed E-state index contributed by atoms with van der Waals surface area (Å²) < 4.78 is 2.21. The summed E-state index contributed by atoms with van der Waals surface area (Å²) in [7, 11) is 0. The van der Waals surface area contributed by atoms with Crippen molar-refractivity contribution >= 4 is 23.4 Å². The van der Waals surface area contributed by atoms with Crippen LogP contribution in [-0.4, -0.2) is 9.55 Å². The zero-order valence-electron chi connectivity index (χ0n) is 11.4. The Morgan fingerprint density at radius 1 is 1.15 bits per heavy atom. The molecule has 0 saturated carbocycles. The average Bonchev–Trinajstić information content (AvgIpc) is 2.79. The summed E-state index contributed by atoms with van der Waals surface area (Å²) >= 11 is 0. The van der Waals surface area contributed by atoms with Crippen molar-refractivity contribution in [2.75, 3.05) is 0 Å². The Kier molecular flexibility index (Phi) is 4.26. The Labute approximate surface area is 125 Å². The first-order valence-corrected chi connectivity index (χ1v) is 6.43. The number of nitrogens with zero attached hydrogens (tertiary/aromatic N) is 2. The summed E-state index contributed by atoms with van der Waals surface area (Å²) in [5.41, 5.74) is 4.58. The lowest BCUT2D eigenvalue weighted by atomic mass is 10.1. The van der Waals surface area contributed by atoms with Crippen LogP contribution < -0.4 is 0 Å². The Morgan fingerprint density at radius 3 is 2.70 bits per heavy atom. The molecule has 0 aliphatic heterocycles. The maximum absolute atomic E-state index is 4.76. The fourth-order valence-electron chi connectivity index (χ4n) is 2.39. The monoisotopic (exact) mass is 284 g/mol. The van der Waals surface area contributed by atoms with Gasteiger partial charge in [0.05, 0.1) is 11.0 Å². The van der Waals surface area contributed by atoms with Crippen molar-refractivity contribution in [2.45, 2.75) is 13.5 Å². The maximum atomic E-state index is 4.76. The average molecular weight is 285 g/mol. The van der Waals surface area contributed by atoms with Gasteiger partial charge in [0, 0.05) is 12.1 Å². The van der Waals surface area contributed by atoms with Gasteiger partial charge in [0.1, 0.15) is 5.82 Å². The largest absolute Gasteiger partial charge is 0.320 e. The summed E-state index contributed by atoms with van der Waals surface area (Å²) in [5.74, 6) is 1.00. The van der Waals surface area contributed by atoms with E-state index in [0.29, 0.717) is 0 Å². The van der Waals surface area contributed by atoms with Crippen molar-refractivity contribution < 1.29 is 0 Å². The molecule has 0 saturated heterocycles. The summed E-state index contributed by atoms with van der Waals surface area (Å²) in [4.78, 5) is 4.76. The molecular weight excluding hydrogens is 268 g/mol. The molecule has 0 atom stereocenters. The van der Waals surface area contributed by atoms with Gasteiger partial charge in [0.2, 0.25) is 0 Å². The van der Waals surface area contributed by atoms with Crippen LogP contribution in [0.1, 0.15) is 5.56 Å². The van der Waals surface area contributed by atoms with Crippen molar-refractivity contribution in [2.24, 2.45) is 0 Å². The van der Waals surface area contributed by atoms with Crippen molar-refractivity contribution in [1.29, 1.82) is 0 Å². The molecule has 3 heteroatoms. The van der Waals surface area contributed by atoms with Gasteiger partial charge in [0.25, 0.3) is 0 Å². The number of rotatable bonds is 3. The molecule has 0 radical (unpaired) electrons. The van der Waals surface area contributed by atoms with E-state index in [9.17, 15) is 0 Å². The molecule has 2 nitrogen and oxygen atoms in total. The predicted octanol–water partition coefficient (Wildman–Crippen LogP) is 4.62. The molecule has 1 heterocycles. The summed E-state index contributed by atoms with van der Waals surface area (Å²) in [5, 5.41) is 0. The second kappa shape index (κ2) is 5.93. The molecule has 0 aliphatic carbocycles. The third-order valence-electron chi connectivity index (χ3n) is 3.24. The molecule has 1 aromatic heterocycles. The van der Waals surface area contributed by atoms with Crippen LogP contribution in [0.2, 0.25) is 0 Å².